The molecule has 0 saturated carbocycles. The van der Waals surface area contributed by atoms with Gasteiger partial charge in [0.1, 0.15) is 5.69 Å². The number of nitrogens with one attached hydrogen (secondary N) is 1. The quantitative estimate of drug-likeness (QED) is 0.862. The Balaban J connectivity index is 1.87. The van der Waals surface area contributed by atoms with E-state index >= 15 is 0 Å². The molecule has 1 amide bonds. The molecular weight excluding hydrogens is 222 g/mol. The third kappa shape index (κ3) is 2.59. The van der Waals surface area contributed by atoms with Crippen molar-refractivity contribution in [3.63, 3.8) is 0 Å². The van der Waals surface area contributed by atoms with E-state index < -0.39 is 0 Å². The number of thiazole rings is 1. The van der Waals surface area contributed by atoms with E-state index in [0.29, 0.717) is 11.6 Å². The van der Waals surface area contributed by atoms with Crippen LogP contribution >= 0.6 is 11.3 Å². The van der Waals surface area contributed by atoms with Crippen LogP contribution in [0.25, 0.3) is 0 Å². The maximum absolute atomic E-state index is 12.0. The molecule has 16 heavy (non-hydrogen) atoms. The molecule has 1 N–H and O–H groups in total. The Kier molecular flexibility index (Phi) is 3.90. The van der Waals surface area contributed by atoms with Crippen molar-refractivity contribution in [2.24, 2.45) is 5.92 Å². The molecule has 5 heteroatoms. The standard InChI is InChI=1S/C11H17N3OS/c1-12-6-9-2-4-14(5-3-9)11(15)10-7-16-8-13-10/h7-9,12H,2-6H2,1H3. The number of rotatable bonds is 3. The van der Waals surface area contributed by atoms with E-state index in [1.54, 1.807) is 5.51 Å². The summed E-state index contributed by atoms with van der Waals surface area (Å²) in [5.74, 6) is 0.800. The van der Waals surface area contributed by atoms with Crippen LogP contribution in [0.1, 0.15) is 23.3 Å². The molecule has 1 aromatic heterocycles. The Morgan fingerprint density at radius 2 is 2.38 bits per heavy atom. The molecule has 1 aliphatic heterocycles. The van der Waals surface area contributed by atoms with Gasteiger partial charge in [-0.1, -0.05) is 0 Å². The van der Waals surface area contributed by atoms with Gasteiger partial charge in [-0.05, 0) is 32.4 Å². The molecule has 1 aromatic rings. The van der Waals surface area contributed by atoms with Gasteiger partial charge < -0.3 is 10.2 Å². The summed E-state index contributed by atoms with van der Waals surface area (Å²) in [6, 6.07) is 0. The van der Waals surface area contributed by atoms with E-state index in [1.165, 1.54) is 11.3 Å². The average Bonchev–Trinajstić information content (AvgIpc) is 2.83. The molecular formula is C11H17N3OS. The first kappa shape index (κ1) is 11.5. The summed E-state index contributed by atoms with van der Waals surface area (Å²) >= 11 is 1.47. The highest BCUT2D eigenvalue weighted by molar-refractivity contribution is 7.07. The summed E-state index contributed by atoms with van der Waals surface area (Å²) in [5.41, 5.74) is 2.30. The van der Waals surface area contributed by atoms with Crippen molar-refractivity contribution < 1.29 is 4.79 Å². The second-order valence-electron chi connectivity index (χ2n) is 4.17. The van der Waals surface area contributed by atoms with Crippen molar-refractivity contribution in [1.29, 1.82) is 0 Å². The fourth-order valence-electron chi connectivity index (χ4n) is 2.11. The first-order chi connectivity index (χ1) is 7.81. The van der Waals surface area contributed by atoms with Crippen LogP contribution < -0.4 is 5.32 Å². The zero-order valence-electron chi connectivity index (χ0n) is 9.48. The van der Waals surface area contributed by atoms with Crippen molar-refractivity contribution >= 4 is 17.2 Å². The smallest absolute Gasteiger partial charge is 0.273 e. The molecule has 2 heterocycles. The normalized spacial score (nSPS) is 17.7. The van der Waals surface area contributed by atoms with Gasteiger partial charge in [-0.25, -0.2) is 4.98 Å². The summed E-state index contributed by atoms with van der Waals surface area (Å²) in [5, 5.41) is 5.02. The number of piperidine rings is 1. The van der Waals surface area contributed by atoms with Crippen molar-refractivity contribution in [1.82, 2.24) is 15.2 Å². The van der Waals surface area contributed by atoms with Gasteiger partial charge in [0, 0.05) is 18.5 Å². The van der Waals surface area contributed by atoms with Crippen LogP contribution in [0.3, 0.4) is 0 Å². The summed E-state index contributed by atoms with van der Waals surface area (Å²) in [6.45, 7) is 2.78. The number of nitrogens with zero attached hydrogens (tertiary/aromatic N) is 2. The van der Waals surface area contributed by atoms with Gasteiger partial charge in [-0.3, -0.25) is 4.79 Å². The van der Waals surface area contributed by atoms with E-state index in [2.05, 4.69) is 10.3 Å². The first-order valence-corrected chi connectivity index (χ1v) is 6.57. The number of hydrogen-bond acceptors (Lipinski definition) is 4. The van der Waals surface area contributed by atoms with Crippen LogP contribution in [0.15, 0.2) is 10.9 Å². The molecule has 1 saturated heterocycles. The number of likely N-dealkylation sites (tertiary alicyclic amines) is 1. The minimum absolute atomic E-state index is 0.0872. The Morgan fingerprint density at radius 3 is 2.94 bits per heavy atom. The van der Waals surface area contributed by atoms with E-state index in [4.69, 9.17) is 0 Å². The van der Waals surface area contributed by atoms with Crippen molar-refractivity contribution in [3.05, 3.63) is 16.6 Å². The van der Waals surface area contributed by atoms with E-state index in [9.17, 15) is 4.79 Å². The molecule has 0 unspecified atom stereocenters. The third-order valence-corrected chi connectivity index (χ3v) is 3.63. The Labute approximate surface area is 99.7 Å². The van der Waals surface area contributed by atoms with Crippen molar-refractivity contribution in [3.8, 4) is 0 Å². The van der Waals surface area contributed by atoms with Crippen LogP contribution in [0.2, 0.25) is 0 Å². The number of carbonyl (C=O) groups excluding carboxylic acids is 1. The molecule has 2 rings (SSSR count). The number of amides is 1. The number of aromatic nitrogens is 1. The second-order valence-corrected chi connectivity index (χ2v) is 4.89. The molecule has 0 aliphatic carbocycles. The molecule has 0 bridgehead atoms. The highest BCUT2D eigenvalue weighted by Crippen LogP contribution is 2.18. The Morgan fingerprint density at radius 1 is 1.62 bits per heavy atom. The SMILES string of the molecule is CNCC1CCN(C(=O)c2cscn2)CC1. The molecule has 0 spiro atoms. The zero-order valence-corrected chi connectivity index (χ0v) is 10.3. The minimum Gasteiger partial charge on any atom is -0.337 e. The summed E-state index contributed by atoms with van der Waals surface area (Å²) < 4.78 is 0. The van der Waals surface area contributed by atoms with Gasteiger partial charge >= 0.3 is 0 Å². The van der Waals surface area contributed by atoms with Gasteiger partial charge in [0.05, 0.1) is 5.51 Å². The van der Waals surface area contributed by atoms with E-state index in [1.807, 2.05) is 17.3 Å². The summed E-state index contributed by atoms with van der Waals surface area (Å²) in [6.07, 6.45) is 2.19. The number of carbonyl (C=O) groups is 1. The predicted octanol–water partition coefficient (Wildman–Crippen LogP) is 1.21. The maximum atomic E-state index is 12.0. The predicted molar refractivity (Wildman–Crippen MR) is 64.7 cm³/mol. The van der Waals surface area contributed by atoms with Gasteiger partial charge in [0.2, 0.25) is 0 Å². The molecule has 88 valence electrons. The lowest BCUT2D eigenvalue weighted by molar-refractivity contribution is 0.0686. The number of hydrogen-bond donors (Lipinski definition) is 1. The van der Waals surface area contributed by atoms with Gasteiger partial charge in [0.15, 0.2) is 0 Å². The molecule has 1 fully saturated rings. The minimum atomic E-state index is 0.0872. The lowest BCUT2D eigenvalue weighted by Gasteiger charge is -2.31. The molecule has 1 aliphatic rings. The van der Waals surface area contributed by atoms with Gasteiger partial charge in [-0.15, -0.1) is 11.3 Å². The van der Waals surface area contributed by atoms with Crippen LogP contribution in [0, 0.1) is 5.92 Å². The topological polar surface area (TPSA) is 45.2 Å². The maximum Gasteiger partial charge on any atom is 0.273 e. The lowest BCUT2D eigenvalue weighted by Crippen LogP contribution is -2.40. The molecule has 0 aromatic carbocycles. The third-order valence-electron chi connectivity index (χ3n) is 3.05. The Bertz CT molecular complexity index is 331. The largest absolute Gasteiger partial charge is 0.337 e. The fraction of sp³-hybridized carbons (Fsp3) is 0.636. The van der Waals surface area contributed by atoms with Crippen LogP contribution in [0.4, 0.5) is 0 Å². The monoisotopic (exact) mass is 239 g/mol. The van der Waals surface area contributed by atoms with E-state index in [0.717, 1.165) is 32.5 Å². The van der Waals surface area contributed by atoms with Crippen LogP contribution in [0.5, 0.6) is 0 Å². The molecule has 4 nitrogen and oxygen atoms in total. The Hall–Kier alpha value is -0.940. The molecule has 0 radical (unpaired) electrons. The zero-order chi connectivity index (χ0) is 11.4. The van der Waals surface area contributed by atoms with Crippen LogP contribution in [-0.4, -0.2) is 42.5 Å². The average molecular weight is 239 g/mol. The second kappa shape index (κ2) is 5.41. The van der Waals surface area contributed by atoms with Crippen LogP contribution in [-0.2, 0) is 0 Å². The summed E-state index contributed by atoms with van der Waals surface area (Å²) in [7, 11) is 1.98. The first-order valence-electron chi connectivity index (χ1n) is 5.63. The fourth-order valence-corrected chi connectivity index (χ4v) is 2.63. The summed E-state index contributed by atoms with van der Waals surface area (Å²) in [4.78, 5) is 18.0. The van der Waals surface area contributed by atoms with Crippen molar-refractivity contribution in [2.75, 3.05) is 26.7 Å². The van der Waals surface area contributed by atoms with Gasteiger partial charge in [0.25, 0.3) is 5.91 Å². The highest BCUT2D eigenvalue weighted by atomic mass is 32.1. The van der Waals surface area contributed by atoms with Crippen molar-refractivity contribution in [2.45, 2.75) is 12.8 Å². The van der Waals surface area contributed by atoms with Gasteiger partial charge in [-0.2, -0.15) is 0 Å². The lowest BCUT2D eigenvalue weighted by atomic mass is 9.97. The highest BCUT2D eigenvalue weighted by Gasteiger charge is 2.23. The van der Waals surface area contributed by atoms with E-state index in [-0.39, 0.29) is 5.91 Å². The molecule has 0 atom stereocenters.